The molecule has 0 spiro atoms. The van der Waals surface area contributed by atoms with E-state index in [1.54, 1.807) is 0 Å². The number of carbonyl (C=O) groups excluding carboxylic acids is 2. The first-order valence-corrected chi connectivity index (χ1v) is 9.64. The van der Waals surface area contributed by atoms with Gasteiger partial charge < -0.3 is 15.4 Å². The van der Waals surface area contributed by atoms with E-state index >= 15 is 0 Å². The molecule has 0 aromatic heterocycles. The molecule has 0 saturated heterocycles. The highest BCUT2D eigenvalue weighted by Crippen LogP contribution is 2.24. The third-order valence-corrected chi connectivity index (χ3v) is 4.81. The number of nitrogens with one attached hydrogen (secondary N) is 2. The maximum atomic E-state index is 12.0. The summed E-state index contributed by atoms with van der Waals surface area (Å²) >= 11 is 0. The fraction of sp³-hybridized carbons (Fsp3) is 0.619. The lowest BCUT2D eigenvalue weighted by molar-refractivity contribution is -0.126. The van der Waals surface area contributed by atoms with E-state index in [2.05, 4.69) is 31.4 Å². The molecule has 1 aliphatic rings. The lowest BCUT2D eigenvalue weighted by Crippen LogP contribution is -2.39. The molecule has 0 unspecified atom stereocenters. The van der Waals surface area contributed by atoms with Crippen LogP contribution in [0.25, 0.3) is 0 Å². The molecule has 0 atom stereocenters. The first-order valence-electron chi connectivity index (χ1n) is 9.64. The lowest BCUT2D eigenvalue weighted by Gasteiger charge is -2.20. The van der Waals surface area contributed by atoms with E-state index < -0.39 is 0 Å². The van der Waals surface area contributed by atoms with Gasteiger partial charge in [0.25, 0.3) is 5.91 Å². The average molecular weight is 360 g/mol. The second-order valence-electron chi connectivity index (χ2n) is 8.04. The minimum atomic E-state index is -0.184. The molecule has 0 bridgehead atoms. The Morgan fingerprint density at radius 2 is 1.62 bits per heavy atom. The molecule has 5 nitrogen and oxygen atoms in total. The van der Waals surface area contributed by atoms with Crippen LogP contribution >= 0.6 is 0 Å². The molecule has 2 rings (SSSR count). The molecule has 1 saturated carbocycles. The molecule has 144 valence electrons. The van der Waals surface area contributed by atoms with Gasteiger partial charge in [0.15, 0.2) is 6.61 Å². The Morgan fingerprint density at radius 1 is 1.00 bits per heavy atom. The highest BCUT2D eigenvalue weighted by molar-refractivity contribution is 5.79. The molecule has 1 aliphatic carbocycles. The smallest absolute Gasteiger partial charge is 0.258 e. The highest BCUT2D eigenvalue weighted by Gasteiger charge is 2.20. The van der Waals surface area contributed by atoms with Crippen molar-refractivity contribution in [3.8, 4) is 5.75 Å². The van der Waals surface area contributed by atoms with Gasteiger partial charge in [-0.25, -0.2) is 0 Å². The summed E-state index contributed by atoms with van der Waals surface area (Å²) in [6.07, 6.45) is 5.49. The Hall–Kier alpha value is -2.04. The van der Waals surface area contributed by atoms with Crippen molar-refractivity contribution < 1.29 is 14.3 Å². The average Bonchev–Trinajstić information content (AvgIpc) is 2.63. The molecule has 5 heteroatoms. The maximum absolute atomic E-state index is 12.0. The van der Waals surface area contributed by atoms with Gasteiger partial charge >= 0.3 is 0 Å². The van der Waals surface area contributed by atoms with Gasteiger partial charge in [-0.05, 0) is 36.0 Å². The Balaban J connectivity index is 1.61. The molecule has 0 radical (unpaired) electrons. The molecular formula is C21H32N2O3. The van der Waals surface area contributed by atoms with Gasteiger partial charge in [0.2, 0.25) is 5.91 Å². The standard InChI is InChI=1S/C21H32N2O3/c1-21(2,3)17-9-11-18(12-10-17)26-15-19(24)22-13-14-23-20(25)16-7-5-4-6-8-16/h9-12,16H,4-8,13-15H2,1-3H3,(H,22,24)(H,23,25). The van der Waals surface area contributed by atoms with Crippen LogP contribution in [0.15, 0.2) is 24.3 Å². The zero-order valence-corrected chi connectivity index (χ0v) is 16.3. The van der Waals surface area contributed by atoms with Crippen molar-refractivity contribution in [2.45, 2.75) is 58.3 Å². The van der Waals surface area contributed by atoms with Crippen LogP contribution in [0.5, 0.6) is 5.75 Å². The van der Waals surface area contributed by atoms with Crippen LogP contribution in [-0.2, 0) is 15.0 Å². The van der Waals surface area contributed by atoms with Crippen molar-refractivity contribution in [2.24, 2.45) is 5.92 Å². The van der Waals surface area contributed by atoms with E-state index in [0.717, 1.165) is 25.7 Å². The van der Waals surface area contributed by atoms with Crippen molar-refractivity contribution >= 4 is 11.8 Å². The zero-order valence-electron chi connectivity index (χ0n) is 16.3. The summed E-state index contributed by atoms with van der Waals surface area (Å²) in [6.45, 7) is 7.33. The fourth-order valence-corrected chi connectivity index (χ4v) is 3.15. The summed E-state index contributed by atoms with van der Waals surface area (Å²) in [5.41, 5.74) is 1.32. The highest BCUT2D eigenvalue weighted by atomic mass is 16.5. The molecule has 2 N–H and O–H groups in total. The van der Waals surface area contributed by atoms with Gasteiger partial charge in [0, 0.05) is 19.0 Å². The minimum Gasteiger partial charge on any atom is -0.484 e. The predicted molar refractivity (Wildman–Crippen MR) is 103 cm³/mol. The van der Waals surface area contributed by atoms with Crippen molar-refractivity contribution in [1.82, 2.24) is 10.6 Å². The van der Waals surface area contributed by atoms with Crippen LogP contribution in [0.1, 0.15) is 58.4 Å². The number of rotatable bonds is 7. The summed E-state index contributed by atoms with van der Waals surface area (Å²) in [7, 11) is 0. The third-order valence-electron chi connectivity index (χ3n) is 4.81. The van der Waals surface area contributed by atoms with Crippen LogP contribution in [0.2, 0.25) is 0 Å². The van der Waals surface area contributed by atoms with Gasteiger partial charge in [-0.2, -0.15) is 0 Å². The van der Waals surface area contributed by atoms with Crippen molar-refractivity contribution in [3.05, 3.63) is 29.8 Å². The molecular weight excluding hydrogens is 328 g/mol. The van der Waals surface area contributed by atoms with Crippen molar-refractivity contribution in [1.29, 1.82) is 0 Å². The quantitative estimate of drug-likeness (QED) is 0.734. The number of carbonyl (C=O) groups is 2. The number of ether oxygens (including phenoxy) is 1. The zero-order chi connectivity index (χ0) is 19.0. The number of hydrogen-bond acceptors (Lipinski definition) is 3. The molecule has 0 heterocycles. The number of hydrogen-bond donors (Lipinski definition) is 2. The summed E-state index contributed by atoms with van der Waals surface area (Å²) in [5, 5.41) is 5.68. The second-order valence-corrected chi connectivity index (χ2v) is 8.04. The van der Waals surface area contributed by atoms with Crippen LogP contribution in [-0.4, -0.2) is 31.5 Å². The monoisotopic (exact) mass is 360 g/mol. The van der Waals surface area contributed by atoms with Crippen LogP contribution < -0.4 is 15.4 Å². The normalized spacial score (nSPS) is 15.3. The van der Waals surface area contributed by atoms with Crippen molar-refractivity contribution in [2.75, 3.05) is 19.7 Å². The first kappa shape index (κ1) is 20.3. The van der Waals surface area contributed by atoms with E-state index in [1.807, 2.05) is 24.3 Å². The van der Waals surface area contributed by atoms with Crippen LogP contribution in [0.3, 0.4) is 0 Å². The van der Waals surface area contributed by atoms with Gasteiger partial charge in [-0.1, -0.05) is 52.2 Å². The third kappa shape index (κ3) is 6.70. The summed E-state index contributed by atoms with van der Waals surface area (Å²) < 4.78 is 5.51. The summed E-state index contributed by atoms with van der Waals surface area (Å²) in [4.78, 5) is 23.8. The molecule has 2 amide bonds. The topological polar surface area (TPSA) is 67.4 Å². The van der Waals surface area contributed by atoms with Gasteiger partial charge in [-0.15, -0.1) is 0 Å². The second kappa shape index (κ2) is 9.60. The lowest BCUT2D eigenvalue weighted by atomic mass is 9.87. The van der Waals surface area contributed by atoms with E-state index in [-0.39, 0.29) is 29.8 Å². The predicted octanol–water partition coefficient (Wildman–Crippen LogP) is 3.18. The van der Waals surface area contributed by atoms with Gasteiger partial charge in [0.05, 0.1) is 0 Å². The molecule has 0 aliphatic heterocycles. The fourth-order valence-electron chi connectivity index (χ4n) is 3.15. The molecule has 26 heavy (non-hydrogen) atoms. The Labute approximate surface area is 156 Å². The number of benzene rings is 1. The first-order chi connectivity index (χ1) is 12.4. The van der Waals surface area contributed by atoms with E-state index in [4.69, 9.17) is 4.74 Å². The van der Waals surface area contributed by atoms with E-state index in [1.165, 1.54) is 12.0 Å². The van der Waals surface area contributed by atoms with Crippen molar-refractivity contribution in [3.63, 3.8) is 0 Å². The van der Waals surface area contributed by atoms with E-state index in [0.29, 0.717) is 18.8 Å². The Bertz CT molecular complexity index is 584. The van der Waals surface area contributed by atoms with Crippen LogP contribution in [0, 0.1) is 5.92 Å². The molecule has 1 fully saturated rings. The maximum Gasteiger partial charge on any atom is 0.258 e. The minimum absolute atomic E-state index is 0.0224. The van der Waals surface area contributed by atoms with Gasteiger partial charge in [-0.3, -0.25) is 9.59 Å². The number of amides is 2. The molecule has 1 aromatic carbocycles. The Morgan fingerprint density at radius 3 is 2.23 bits per heavy atom. The van der Waals surface area contributed by atoms with E-state index in [9.17, 15) is 9.59 Å². The summed E-state index contributed by atoms with van der Waals surface area (Å²) in [5.74, 6) is 0.767. The van der Waals surface area contributed by atoms with Crippen LogP contribution in [0.4, 0.5) is 0 Å². The van der Waals surface area contributed by atoms with Gasteiger partial charge in [0.1, 0.15) is 5.75 Å². The SMILES string of the molecule is CC(C)(C)c1ccc(OCC(=O)NCCNC(=O)C2CCCCC2)cc1. The molecule has 1 aromatic rings. The largest absolute Gasteiger partial charge is 0.484 e. The Kier molecular flexibility index (Phi) is 7.49. The summed E-state index contributed by atoms with van der Waals surface area (Å²) in [6, 6.07) is 7.82.